The van der Waals surface area contributed by atoms with Crippen LogP contribution in [0.5, 0.6) is 17.4 Å². The van der Waals surface area contributed by atoms with E-state index in [2.05, 4.69) is 25.9 Å². The van der Waals surface area contributed by atoms with Gasteiger partial charge in [-0.15, -0.1) is 0 Å². The van der Waals surface area contributed by atoms with E-state index >= 15 is 0 Å². The van der Waals surface area contributed by atoms with Crippen LogP contribution in [0.25, 0.3) is 0 Å². The molecular formula is C11H7BrClN3O4. The van der Waals surface area contributed by atoms with Crippen LogP contribution in [0.4, 0.5) is 5.69 Å². The molecule has 7 nitrogen and oxygen atoms in total. The maximum atomic E-state index is 11.0. The predicted octanol–water partition coefficient (Wildman–Crippen LogP) is 3.60. The van der Waals surface area contributed by atoms with Crippen molar-refractivity contribution in [2.45, 2.75) is 0 Å². The summed E-state index contributed by atoms with van der Waals surface area (Å²) in [6.45, 7) is 0. The summed E-state index contributed by atoms with van der Waals surface area (Å²) in [7, 11) is 1.45. The lowest BCUT2D eigenvalue weighted by atomic mass is 10.3. The number of nitrogens with zero attached hydrogens (tertiary/aromatic N) is 3. The van der Waals surface area contributed by atoms with Gasteiger partial charge in [-0.3, -0.25) is 10.1 Å². The maximum Gasteiger partial charge on any atom is 0.311 e. The molecule has 0 unspecified atom stereocenters. The average molecular weight is 361 g/mol. The molecule has 0 saturated heterocycles. The lowest BCUT2D eigenvalue weighted by Crippen LogP contribution is -1.97. The first-order valence-electron chi connectivity index (χ1n) is 5.19. The fraction of sp³-hybridized carbons (Fsp3) is 0.0909. The average Bonchev–Trinajstić information content (AvgIpc) is 2.42. The Morgan fingerprint density at radius 2 is 2.20 bits per heavy atom. The molecule has 1 aromatic heterocycles. The number of hydrogen-bond donors (Lipinski definition) is 0. The Bertz CT molecular complexity index is 668. The van der Waals surface area contributed by atoms with Gasteiger partial charge < -0.3 is 9.47 Å². The van der Waals surface area contributed by atoms with Gasteiger partial charge in [0.15, 0.2) is 0 Å². The molecule has 0 amide bonds. The second-order valence-electron chi connectivity index (χ2n) is 3.48. The summed E-state index contributed by atoms with van der Waals surface area (Å²) in [6.07, 6.45) is 1.39. The maximum absolute atomic E-state index is 11.0. The summed E-state index contributed by atoms with van der Waals surface area (Å²) in [4.78, 5) is 18.0. The smallest absolute Gasteiger partial charge is 0.311 e. The Labute approximate surface area is 126 Å². The minimum absolute atomic E-state index is 0.00943. The second-order valence-corrected chi connectivity index (χ2v) is 4.68. The third kappa shape index (κ3) is 3.14. The van der Waals surface area contributed by atoms with Gasteiger partial charge in [-0.05, 0) is 33.6 Å². The molecule has 0 aliphatic rings. The van der Waals surface area contributed by atoms with Crippen LogP contribution in [0.1, 0.15) is 0 Å². The van der Waals surface area contributed by atoms with E-state index in [1.165, 1.54) is 31.5 Å². The third-order valence-corrected chi connectivity index (χ3v) is 2.98. The van der Waals surface area contributed by atoms with Crippen molar-refractivity contribution in [3.63, 3.8) is 0 Å². The van der Waals surface area contributed by atoms with Crippen LogP contribution < -0.4 is 9.47 Å². The minimum atomic E-state index is -0.564. The molecular weight excluding hydrogens is 353 g/mol. The van der Waals surface area contributed by atoms with Crippen molar-refractivity contribution >= 4 is 33.2 Å². The molecule has 0 fully saturated rings. The van der Waals surface area contributed by atoms with Gasteiger partial charge in [0, 0.05) is 18.3 Å². The zero-order valence-corrected chi connectivity index (χ0v) is 12.4. The molecule has 2 rings (SSSR count). The normalized spacial score (nSPS) is 10.2. The highest BCUT2D eigenvalue weighted by molar-refractivity contribution is 9.10. The molecule has 1 heterocycles. The number of rotatable bonds is 4. The van der Waals surface area contributed by atoms with E-state index in [1.54, 1.807) is 0 Å². The Balaban J connectivity index is 2.45. The molecule has 1 aromatic carbocycles. The molecule has 0 aliphatic heterocycles. The van der Waals surface area contributed by atoms with Gasteiger partial charge >= 0.3 is 5.69 Å². The largest absolute Gasteiger partial charge is 0.497 e. The Morgan fingerprint density at radius 3 is 2.85 bits per heavy atom. The highest BCUT2D eigenvalue weighted by atomic mass is 79.9. The first-order chi connectivity index (χ1) is 9.51. The van der Waals surface area contributed by atoms with E-state index in [0.717, 1.165) is 0 Å². The second kappa shape index (κ2) is 6.02. The number of hydrogen-bond acceptors (Lipinski definition) is 6. The first-order valence-corrected chi connectivity index (χ1v) is 6.36. The molecule has 0 atom stereocenters. The topological polar surface area (TPSA) is 87.4 Å². The Hall–Kier alpha value is -1.93. The van der Waals surface area contributed by atoms with E-state index in [-0.39, 0.29) is 22.6 Å². The van der Waals surface area contributed by atoms with Crippen LogP contribution in [0.15, 0.2) is 28.9 Å². The van der Waals surface area contributed by atoms with Gasteiger partial charge in [0.25, 0.3) is 0 Å². The number of benzene rings is 1. The third-order valence-electron chi connectivity index (χ3n) is 2.25. The van der Waals surface area contributed by atoms with Crippen LogP contribution in [-0.2, 0) is 0 Å². The molecule has 0 bridgehead atoms. The molecule has 104 valence electrons. The van der Waals surface area contributed by atoms with Gasteiger partial charge in [0.2, 0.25) is 16.9 Å². The van der Waals surface area contributed by atoms with Crippen LogP contribution in [0.3, 0.4) is 0 Å². The van der Waals surface area contributed by atoms with E-state index in [9.17, 15) is 10.1 Å². The van der Waals surface area contributed by atoms with Crippen molar-refractivity contribution < 1.29 is 14.4 Å². The van der Waals surface area contributed by atoms with Gasteiger partial charge in [-0.1, -0.05) is 0 Å². The van der Waals surface area contributed by atoms with Crippen LogP contribution in [-0.4, -0.2) is 22.0 Å². The van der Waals surface area contributed by atoms with Crippen LogP contribution in [0.2, 0.25) is 5.28 Å². The van der Waals surface area contributed by atoms with Crippen molar-refractivity contribution in [3.05, 3.63) is 44.3 Å². The Kier molecular flexibility index (Phi) is 4.35. The van der Waals surface area contributed by atoms with Crippen molar-refractivity contribution in [1.82, 2.24) is 9.97 Å². The highest BCUT2D eigenvalue weighted by Gasteiger charge is 2.19. The molecule has 0 spiro atoms. The van der Waals surface area contributed by atoms with Crippen molar-refractivity contribution in [3.8, 4) is 17.4 Å². The van der Waals surface area contributed by atoms with E-state index < -0.39 is 4.92 Å². The van der Waals surface area contributed by atoms with E-state index in [1.807, 2.05) is 0 Å². The number of aromatic nitrogens is 2. The monoisotopic (exact) mass is 359 g/mol. The van der Waals surface area contributed by atoms with Crippen LogP contribution >= 0.6 is 27.5 Å². The number of halogens is 2. The van der Waals surface area contributed by atoms with Crippen molar-refractivity contribution in [2.24, 2.45) is 0 Å². The summed E-state index contributed by atoms with van der Waals surface area (Å²) in [5.41, 5.74) is -0.215. The molecule has 0 saturated carbocycles. The number of nitro groups is 1. The van der Waals surface area contributed by atoms with E-state index in [0.29, 0.717) is 10.2 Å². The SMILES string of the molecule is COc1ccc([N+](=O)[O-])c(Oc2nc(Cl)ncc2Br)c1. The lowest BCUT2D eigenvalue weighted by molar-refractivity contribution is -0.385. The fourth-order valence-electron chi connectivity index (χ4n) is 1.36. The van der Waals surface area contributed by atoms with Gasteiger partial charge in [-0.25, -0.2) is 4.98 Å². The summed E-state index contributed by atoms with van der Waals surface area (Å²) in [5, 5.41) is 10.9. The number of ether oxygens (including phenoxy) is 2. The highest BCUT2D eigenvalue weighted by Crippen LogP contribution is 2.36. The molecule has 9 heteroatoms. The quantitative estimate of drug-likeness (QED) is 0.470. The van der Waals surface area contributed by atoms with Crippen LogP contribution in [0, 0.1) is 10.1 Å². The summed E-state index contributed by atoms with van der Waals surface area (Å²) in [6, 6.07) is 4.14. The standard InChI is InChI=1S/C11H7BrClN3O4/c1-19-6-2-3-8(16(17)18)9(4-6)20-10-7(12)5-14-11(13)15-10/h2-5H,1H3. The molecule has 20 heavy (non-hydrogen) atoms. The molecule has 0 aliphatic carbocycles. The predicted molar refractivity (Wildman–Crippen MR) is 74.5 cm³/mol. The number of methoxy groups -OCH3 is 1. The summed E-state index contributed by atoms with van der Waals surface area (Å²) >= 11 is 8.84. The van der Waals surface area contributed by atoms with E-state index in [4.69, 9.17) is 21.1 Å². The molecule has 0 radical (unpaired) electrons. The first kappa shape index (κ1) is 14.5. The molecule has 0 N–H and O–H groups in total. The number of nitro benzene ring substituents is 1. The summed E-state index contributed by atoms with van der Waals surface area (Å²) in [5.74, 6) is 0.480. The van der Waals surface area contributed by atoms with Crippen molar-refractivity contribution in [1.29, 1.82) is 0 Å². The molecule has 2 aromatic rings. The zero-order chi connectivity index (χ0) is 14.7. The minimum Gasteiger partial charge on any atom is -0.497 e. The van der Waals surface area contributed by atoms with Gasteiger partial charge in [0.1, 0.15) is 5.75 Å². The fourth-order valence-corrected chi connectivity index (χ4v) is 1.76. The zero-order valence-electron chi connectivity index (χ0n) is 10.0. The lowest BCUT2D eigenvalue weighted by Gasteiger charge is -2.08. The van der Waals surface area contributed by atoms with Gasteiger partial charge in [-0.2, -0.15) is 4.98 Å². The Morgan fingerprint density at radius 1 is 1.45 bits per heavy atom. The van der Waals surface area contributed by atoms with Crippen molar-refractivity contribution in [2.75, 3.05) is 7.11 Å². The van der Waals surface area contributed by atoms with Gasteiger partial charge in [0.05, 0.1) is 16.5 Å². The summed E-state index contributed by atoms with van der Waals surface area (Å²) < 4.78 is 10.8.